The molecule has 0 nitrogen and oxygen atoms in total. The molecule has 0 fully saturated rings. The highest BCUT2D eigenvalue weighted by Crippen LogP contribution is 2.23. The fourth-order valence-electron chi connectivity index (χ4n) is 1.15. The van der Waals surface area contributed by atoms with Gasteiger partial charge in [0.2, 0.25) is 0 Å². The summed E-state index contributed by atoms with van der Waals surface area (Å²) >= 11 is 6.88. The quantitative estimate of drug-likeness (QED) is 0.658. The van der Waals surface area contributed by atoms with E-state index in [0.29, 0.717) is 0 Å². The summed E-state index contributed by atoms with van der Waals surface area (Å²) in [5, 5.41) is 4.11. The van der Waals surface area contributed by atoms with Crippen LogP contribution < -0.4 is 0 Å². The van der Waals surface area contributed by atoms with Gasteiger partial charge in [-0.25, -0.2) is 0 Å². The molecule has 84 valence electrons. The minimum absolute atomic E-state index is 1.12. The lowest BCUT2D eigenvalue weighted by molar-refractivity contribution is 1.84. The van der Waals surface area contributed by atoms with Crippen molar-refractivity contribution in [2.45, 2.75) is 0 Å². The predicted molar refractivity (Wildman–Crippen MR) is 82.2 cm³/mol. The SMILES string of the molecule is Brc1ccsc1/C=C/C#C/C=C/c1cccs1. The largest absolute Gasteiger partial charge is 0.144 e. The second-order valence-corrected chi connectivity index (χ2v) is 5.88. The van der Waals surface area contributed by atoms with Gasteiger partial charge in [0, 0.05) is 14.2 Å². The van der Waals surface area contributed by atoms with Crippen LogP contribution in [0, 0.1) is 11.8 Å². The number of hydrogen-bond acceptors (Lipinski definition) is 2. The van der Waals surface area contributed by atoms with Crippen LogP contribution in [0.15, 0.2) is 45.6 Å². The number of hydrogen-bond donors (Lipinski definition) is 0. The maximum atomic E-state index is 3.47. The molecular weight excluding hydrogens is 312 g/mol. The Labute approximate surface area is 117 Å². The van der Waals surface area contributed by atoms with Crippen molar-refractivity contribution in [1.29, 1.82) is 0 Å². The van der Waals surface area contributed by atoms with Crippen molar-refractivity contribution in [3.8, 4) is 11.8 Å². The van der Waals surface area contributed by atoms with E-state index in [1.54, 1.807) is 22.7 Å². The monoisotopic (exact) mass is 320 g/mol. The van der Waals surface area contributed by atoms with E-state index in [1.165, 1.54) is 9.75 Å². The van der Waals surface area contributed by atoms with Crippen LogP contribution in [0.1, 0.15) is 9.75 Å². The van der Waals surface area contributed by atoms with Gasteiger partial charge in [-0.2, -0.15) is 0 Å². The van der Waals surface area contributed by atoms with E-state index in [0.717, 1.165) is 4.47 Å². The summed E-state index contributed by atoms with van der Waals surface area (Å²) in [6.45, 7) is 0. The molecular formula is C14H9BrS2. The lowest BCUT2D eigenvalue weighted by Gasteiger charge is -1.83. The summed E-state index contributed by atoms with van der Waals surface area (Å²) < 4.78 is 1.12. The molecule has 17 heavy (non-hydrogen) atoms. The van der Waals surface area contributed by atoms with Crippen molar-refractivity contribution in [2.75, 3.05) is 0 Å². The third-order valence-electron chi connectivity index (χ3n) is 1.92. The maximum Gasteiger partial charge on any atom is 0.0418 e. The standard InChI is InChI=1S/C14H9BrS2/c15-13-9-11-17-14(13)8-4-2-1-3-6-12-7-5-10-16-12/h3-11H/b6-3+,8-4+. The first-order chi connectivity index (χ1) is 8.36. The maximum absolute atomic E-state index is 3.47. The third kappa shape index (κ3) is 4.01. The van der Waals surface area contributed by atoms with Crippen LogP contribution in [0.25, 0.3) is 12.2 Å². The molecule has 0 saturated heterocycles. The lowest BCUT2D eigenvalue weighted by atomic mass is 10.4. The van der Waals surface area contributed by atoms with E-state index in [1.807, 2.05) is 41.8 Å². The van der Waals surface area contributed by atoms with Gasteiger partial charge in [0.15, 0.2) is 0 Å². The molecule has 0 unspecified atom stereocenters. The van der Waals surface area contributed by atoms with Crippen molar-refractivity contribution < 1.29 is 0 Å². The van der Waals surface area contributed by atoms with E-state index in [9.17, 15) is 0 Å². The first-order valence-electron chi connectivity index (χ1n) is 4.97. The molecule has 0 bridgehead atoms. The zero-order chi connectivity index (χ0) is 11.9. The summed E-state index contributed by atoms with van der Waals surface area (Å²) in [4.78, 5) is 2.42. The summed E-state index contributed by atoms with van der Waals surface area (Å²) in [5.41, 5.74) is 0. The molecule has 0 spiro atoms. The van der Waals surface area contributed by atoms with E-state index in [2.05, 4.69) is 39.2 Å². The average Bonchev–Trinajstić information content (AvgIpc) is 2.95. The van der Waals surface area contributed by atoms with Crippen molar-refractivity contribution in [2.24, 2.45) is 0 Å². The molecule has 2 aromatic rings. The fourth-order valence-corrected chi connectivity index (χ4v) is 3.16. The van der Waals surface area contributed by atoms with Crippen molar-refractivity contribution >= 4 is 50.8 Å². The van der Waals surface area contributed by atoms with Crippen LogP contribution in [-0.2, 0) is 0 Å². The van der Waals surface area contributed by atoms with E-state index >= 15 is 0 Å². The van der Waals surface area contributed by atoms with Crippen molar-refractivity contribution in [3.63, 3.8) is 0 Å². The fraction of sp³-hybridized carbons (Fsp3) is 0. The van der Waals surface area contributed by atoms with Gasteiger partial charge in [-0.05, 0) is 63.1 Å². The van der Waals surface area contributed by atoms with Gasteiger partial charge >= 0.3 is 0 Å². The van der Waals surface area contributed by atoms with E-state index in [4.69, 9.17) is 0 Å². The highest BCUT2D eigenvalue weighted by atomic mass is 79.9. The molecule has 0 radical (unpaired) electrons. The van der Waals surface area contributed by atoms with Gasteiger partial charge in [0.1, 0.15) is 0 Å². The summed E-state index contributed by atoms with van der Waals surface area (Å²) in [6, 6.07) is 6.14. The summed E-state index contributed by atoms with van der Waals surface area (Å²) in [5.74, 6) is 5.97. The predicted octanol–water partition coefficient (Wildman–Crippen LogP) is 5.30. The molecule has 3 heteroatoms. The average molecular weight is 321 g/mol. The molecule has 2 aromatic heterocycles. The van der Waals surface area contributed by atoms with Gasteiger partial charge in [0.25, 0.3) is 0 Å². The Morgan fingerprint density at radius 3 is 2.47 bits per heavy atom. The summed E-state index contributed by atoms with van der Waals surface area (Å²) in [6.07, 6.45) is 7.78. The van der Waals surface area contributed by atoms with Crippen molar-refractivity contribution in [1.82, 2.24) is 0 Å². The van der Waals surface area contributed by atoms with Crippen LogP contribution in [0.5, 0.6) is 0 Å². The Balaban J connectivity index is 1.91. The second kappa shape index (κ2) is 6.61. The Morgan fingerprint density at radius 2 is 1.82 bits per heavy atom. The van der Waals surface area contributed by atoms with Crippen LogP contribution in [0.2, 0.25) is 0 Å². The van der Waals surface area contributed by atoms with Gasteiger partial charge in [-0.1, -0.05) is 17.9 Å². The van der Waals surface area contributed by atoms with E-state index < -0.39 is 0 Å². The zero-order valence-electron chi connectivity index (χ0n) is 8.89. The Hall–Kier alpha value is -1.08. The van der Waals surface area contributed by atoms with Gasteiger partial charge in [0.05, 0.1) is 0 Å². The lowest BCUT2D eigenvalue weighted by Crippen LogP contribution is -1.60. The van der Waals surface area contributed by atoms with Gasteiger partial charge in [-0.3, -0.25) is 0 Å². The minimum Gasteiger partial charge on any atom is -0.144 e. The number of allylic oxidation sites excluding steroid dienone is 2. The Morgan fingerprint density at radius 1 is 1.00 bits per heavy atom. The molecule has 0 N–H and O–H groups in total. The minimum atomic E-state index is 1.12. The summed E-state index contributed by atoms with van der Waals surface area (Å²) in [7, 11) is 0. The topological polar surface area (TPSA) is 0 Å². The highest BCUT2D eigenvalue weighted by Gasteiger charge is 1.93. The Kier molecular flexibility index (Phi) is 4.81. The molecule has 0 saturated carbocycles. The molecule has 0 atom stereocenters. The van der Waals surface area contributed by atoms with Crippen molar-refractivity contribution in [3.05, 3.63) is 55.3 Å². The normalized spacial score (nSPS) is 10.9. The second-order valence-electron chi connectivity index (χ2n) is 3.10. The van der Waals surface area contributed by atoms with Crippen LogP contribution >= 0.6 is 38.6 Å². The smallest absolute Gasteiger partial charge is 0.0418 e. The molecule has 0 aliphatic rings. The molecule has 0 amide bonds. The van der Waals surface area contributed by atoms with Gasteiger partial charge in [-0.15, -0.1) is 22.7 Å². The van der Waals surface area contributed by atoms with Gasteiger partial charge < -0.3 is 0 Å². The number of halogens is 1. The van der Waals surface area contributed by atoms with Crippen LogP contribution in [-0.4, -0.2) is 0 Å². The molecule has 0 aliphatic carbocycles. The molecule has 2 rings (SSSR count). The molecule has 2 heterocycles. The Bertz CT molecular complexity index is 577. The van der Waals surface area contributed by atoms with Crippen LogP contribution in [0.3, 0.4) is 0 Å². The highest BCUT2D eigenvalue weighted by molar-refractivity contribution is 9.10. The first-order valence-corrected chi connectivity index (χ1v) is 7.52. The molecule has 0 aliphatic heterocycles. The zero-order valence-corrected chi connectivity index (χ0v) is 12.1. The van der Waals surface area contributed by atoms with E-state index in [-0.39, 0.29) is 0 Å². The first kappa shape index (κ1) is 12.4. The number of rotatable bonds is 2. The molecule has 0 aromatic carbocycles. The van der Waals surface area contributed by atoms with Crippen LogP contribution in [0.4, 0.5) is 0 Å². The third-order valence-corrected chi connectivity index (χ3v) is 4.59. The number of thiophene rings is 2.